The molecular weight excluding hydrogens is 336 g/mol. The van der Waals surface area contributed by atoms with E-state index in [1.54, 1.807) is 11.3 Å². The van der Waals surface area contributed by atoms with Gasteiger partial charge in [0, 0.05) is 5.69 Å². The molecule has 0 spiro atoms. The molecule has 0 aliphatic rings. The predicted octanol–water partition coefficient (Wildman–Crippen LogP) is 2.47. The Morgan fingerprint density at radius 2 is 2.15 bits per heavy atom. The number of nitrogens with one attached hydrogen (secondary N) is 2. The largest absolute Gasteiger partial charge is 0.325 e. The zero-order valence-corrected chi connectivity index (χ0v) is 14.0. The first-order chi connectivity index (χ1) is 9.52. The molecule has 106 valence electrons. The summed E-state index contributed by atoms with van der Waals surface area (Å²) in [6.07, 6.45) is 0. The summed E-state index contributed by atoms with van der Waals surface area (Å²) in [6.45, 7) is 3.34. The van der Waals surface area contributed by atoms with Gasteiger partial charge in [-0.2, -0.15) is 0 Å². The van der Waals surface area contributed by atoms with Crippen LogP contribution >= 0.6 is 27.3 Å². The molecule has 2 N–H and O–H groups in total. The summed E-state index contributed by atoms with van der Waals surface area (Å²) in [7, 11) is 2.03. The highest BCUT2D eigenvalue weighted by atomic mass is 79.9. The summed E-state index contributed by atoms with van der Waals surface area (Å²) in [4.78, 5) is 14.4. The van der Waals surface area contributed by atoms with E-state index in [0.717, 1.165) is 21.6 Å². The van der Waals surface area contributed by atoms with Gasteiger partial charge in [-0.3, -0.25) is 4.79 Å². The van der Waals surface area contributed by atoms with Crippen LogP contribution in [-0.2, 0) is 11.3 Å². The maximum Gasteiger partial charge on any atom is 0.279 e. The third-order valence-corrected chi connectivity index (χ3v) is 4.49. The smallest absolute Gasteiger partial charge is 0.279 e. The molecule has 0 radical (unpaired) electrons. The number of hydrogen-bond donors (Lipinski definition) is 2. The number of hydrogen-bond acceptors (Lipinski definition) is 2. The maximum absolute atomic E-state index is 12.0. The van der Waals surface area contributed by atoms with Gasteiger partial charge in [-0.1, -0.05) is 12.1 Å². The van der Waals surface area contributed by atoms with Crippen molar-refractivity contribution < 1.29 is 9.69 Å². The van der Waals surface area contributed by atoms with Gasteiger partial charge in [0.2, 0.25) is 0 Å². The maximum atomic E-state index is 12.0. The van der Waals surface area contributed by atoms with Crippen LogP contribution in [-0.4, -0.2) is 19.5 Å². The summed E-state index contributed by atoms with van der Waals surface area (Å²) in [5, 5.41) is 2.94. The monoisotopic (exact) mass is 353 g/mol. The van der Waals surface area contributed by atoms with Gasteiger partial charge in [-0.05, 0) is 52.7 Å². The van der Waals surface area contributed by atoms with Gasteiger partial charge in [0.1, 0.15) is 6.54 Å². The summed E-state index contributed by atoms with van der Waals surface area (Å²) >= 11 is 5.17. The second kappa shape index (κ2) is 7.02. The minimum Gasteiger partial charge on any atom is -0.325 e. The average molecular weight is 354 g/mol. The first kappa shape index (κ1) is 15.2. The van der Waals surface area contributed by atoms with Crippen LogP contribution in [0.1, 0.15) is 10.4 Å². The van der Waals surface area contributed by atoms with Gasteiger partial charge < -0.3 is 10.2 Å². The van der Waals surface area contributed by atoms with Crippen LogP contribution in [0.2, 0.25) is 0 Å². The summed E-state index contributed by atoms with van der Waals surface area (Å²) in [6, 6.07) is 12.0. The molecule has 1 aromatic heterocycles. The molecule has 0 saturated carbocycles. The van der Waals surface area contributed by atoms with E-state index >= 15 is 0 Å². The van der Waals surface area contributed by atoms with Crippen LogP contribution in [0, 0.1) is 6.92 Å². The molecule has 0 aliphatic heterocycles. The standard InChI is InChI=1S/C15H17BrN2OS/c1-11-4-3-5-12(8-11)17-15(19)10-18(2)9-13-6-7-14(16)20-13/h3-8H,9-10H2,1-2H3,(H,17,19)/p+1. The Labute approximate surface area is 131 Å². The predicted molar refractivity (Wildman–Crippen MR) is 87.3 cm³/mol. The Balaban J connectivity index is 1.84. The number of aryl methyl sites for hydroxylation is 1. The fourth-order valence-electron chi connectivity index (χ4n) is 2.01. The van der Waals surface area contributed by atoms with Crippen LogP contribution in [0.3, 0.4) is 0 Å². The molecule has 0 aliphatic carbocycles. The summed E-state index contributed by atoms with van der Waals surface area (Å²) in [5.41, 5.74) is 2.01. The van der Waals surface area contributed by atoms with E-state index in [4.69, 9.17) is 0 Å². The highest BCUT2D eigenvalue weighted by Gasteiger charge is 2.12. The molecule has 20 heavy (non-hydrogen) atoms. The number of rotatable bonds is 5. The first-order valence-corrected chi connectivity index (χ1v) is 8.06. The Morgan fingerprint density at radius 1 is 1.35 bits per heavy atom. The first-order valence-electron chi connectivity index (χ1n) is 6.45. The van der Waals surface area contributed by atoms with E-state index in [2.05, 4.69) is 27.3 Å². The van der Waals surface area contributed by atoms with Crippen molar-refractivity contribution in [2.45, 2.75) is 13.5 Å². The van der Waals surface area contributed by atoms with Crippen LogP contribution in [0.15, 0.2) is 40.2 Å². The number of anilines is 1. The van der Waals surface area contributed by atoms with Crippen LogP contribution in [0.5, 0.6) is 0 Å². The Kier molecular flexibility index (Phi) is 5.34. The third kappa shape index (κ3) is 4.74. The second-order valence-corrected chi connectivity index (χ2v) is 7.48. The number of benzene rings is 1. The van der Waals surface area contributed by atoms with Crippen molar-refractivity contribution in [1.82, 2.24) is 0 Å². The minimum atomic E-state index is 0.0451. The van der Waals surface area contributed by atoms with E-state index in [1.165, 1.54) is 9.78 Å². The second-order valence-electron chi connectivity index (χ2n) is 4.93. The molecule has 1 aromatic carbocycles. The number of carbonyl (C=O) groups is 1. The van der Waals surface area contributed by atoms with Gasteiger partial charge in [0.15, 0.2) is 6.54 Å². The zero-order chi connectivity index (χ0) is 14.5. The molecule has 2 rings (SSSR count). The summed E-state index contributed by atoms with van der Waals surface area (Å²) < 4.78 is 1.13. The normalized spacial score (nSPS) is 12.2. The Hall–Kier alpha value is -1.17. The van der Waals surface area contributed by atoms with E-state index in [0.29, 0.717) is 6.54 Å². The van der Waals surface area contributed by atoms with Gasteiger partial charge >= 0.3 is 0 Å². The van der Waals surface area contributed by atoms with Gasteiger partial charge in [-0.25, -0.2) is 0 Å². The topological polar surface area (TPSA) is 33.5 Å². The van der Waals surface area contributed by atoms with Crippen molar-refractivity contribution in [3.8, 4) is 0 Å². The van der Waals surface area contributed by atoms with E-state index in [-0.39, 0.29) is 5.91 Å². The lowest BCUT2D eigenvalue weighted by Gasteiger charge is -2.13. The molecule has 1 atom stereocenters. The molecule has 0 bridgehead atoms. The van der Waals surface area contributed by atoms with Gasteiger partial charge in [-0.15, -0.1) is 11.3 Å². The van der Waals surface area contributed by atoms with Crippen molar-refractivity contribution in [3.63, 3.8) is 0 Å². The molecule has 1 amide bonds. The zero-order valence-electron chi connectivity index (χ0n) is 11.6. The Bertz CT molecular complexity index is 597. The average Bonchev–Trinajstić information content (AvgIpc) is 2.74. The molecule has 2 aromatic rings. The lowest BCUT2D eigenvalue weighted by Crippen LogP contribution is -3.08. The van der Waals surface area contributed by atoms with Gasteiger partial charge in [0.05, 0.1) is 15.7 Å². The van der Waals surface area contributed by atoms with E-state index < -0.39 is 0 Å². The summed E-state index contributed by atoms with van der Waals surface area (Å²) in [5.74, 6) is 0.0451. The van der Waals surface area contributed by atoms with Crippen molar-refractivity contribution in [2.24, 2.45) is 0 Å². The molecule has 0 saturated heterocycles. The lowest BCUT2D eigenvalue weighted by atomic mass is 10.2. The van der Waals surface area contributed by atoms with Crippen molar-refractivity contribution in [1.29, 1.82) is 0 Å². The lowest BCUT2D eigenvalue weighted by molar-refractivity contribution is -0.884. The highest BCUT2D eigenvalue weighted by Crippen LogP contribution is 2.21. The number of likely N-dealkylation sites (N-methyl/N-ethyl adjacent to an activating group) is 1. The number of amides is 1. The fraction of sp³-hybridized carbons (Fsp3) is 0.267. The van der Waals surface area contributed by atoms with Gasteiger partial charge in [0.25, 0.3) is 5.91 Å². The van der Waals surface area contributed by atoms with Crippen LogP contribution in [0.4, 0.5) is 5.69 Å². The Morgan fingerprint density at radius 3 is 2.80 bits per heavy atom. The fourth-order valence-corrected chi connectivity index (χ4v) is 3.61. The van der Waals surface area contributed by atoms with Crippen molar-refractivity contribution in [3.05, 3.63) is 50.6 Å². The molecule has 3 nitrogen and oxygen atoms in total. The SMILES string of the molecule is Cc1cccc(NC(=O)C[NH+](C)Cc2ccc(Br)s2)c1. The molecule has 5 heteroatoms. The number of halogens is 1. The molecule has 0 fully saturated rings. The third-order valence-electron chi connectivity index (χ3n) is 2.87. The number of quaternary nitrogens is 1. The van der Waals surface area contributed by atoms with Crippen molar-refractivity contribution in [2.75, 3.05) is 18.9 Å². The number of carbonyl (C=O) groups excluding carboxylic acids is 1. The van der Waals surface area contributed by atoms with Crippen LogP contribution in [0.25, 0.3) is 0 Å². The van der Waals surface area contributed by atoms with E-state index in [9.17, 15) is 4.79 Å². The van der Waals surface area contributed by atoms with Crippen LogP contribution < -0.4 is 10.2 Å². The molecule has 1 heterocycles. The molecule has 1 unspecified atom stereocenters. The number of thiophene rings is 1. The minimum absolute atomic E-state index is 0.0451. The van der Waals surface area contributed by atoms with E-state index in [1.807, 2.05) is 44.3 Å². The molecular formula is C15H18BrN2OS+. The van der Waals surface area contributed by atoms with Crippen molar-refractivity contribution >= 4 is 38.9 Å². The quantitative estimate of drug-likeness (QED) is 0.850. The highest BCUT2D eigenvalue weighted by molar-refractivity contribution is 9.11.